The molecule has 1 heterocycles. The second kappa shape index (κ2) is 7.99. The third kappa shape index (κ3) is 4.28. The van der Waals surface area contributed by atoms with Gasteiger partial charge in [0.25, 0.3) is 5.91 Å². The van der Waals surface area contributed by atoms with Crippen molar-refractivity contribution >= 4 is 17.2 Å². The number of hydrogen-bond acceptors (Lipinski definition) is 3. The first-order valence-electron chi connectivity index (χ1n) is 8.17. The molecule has 0 N–H and O–H groups in total. The van der Waals surface area contributed by atoms with Gasteiger partial charge in [-0.25, -0.2) is 0 Å². The molecule has 3 rings (SSSR count). The Morgan fingerprint density at radius 1 is 1.04 bits per heavy atom. The number of amides is 1. The molecule has 128 valence electrons. The van der Waals surface area contributed by atoms with Crippen molar-refractivity contribution in [2.24, 2.45) is 0 Å². The molecule has 0 aliphatic rings. The van der Waals surface area contributed by atoms with Gasteiger partial charge in [0.15, 0.2) is 0 Å². The number of hydrogen-bond donors (Lipinski definition) is 0. The lowest BCUT2D eigenvalue weighted by molar-refractivity contribution is 0.0730. The number of carbonyl (C=O) groups excluding carboxylic acids is 1. The SMILES string of the molecule is COc1ccccc1CN(Cc1cccs1)C(=O)c1cccc(C)c1. The Labute approximate surface area is 152 Å². The highest BCUT2D eigenvalue weighted by molar-refractivity contribution is 7.09. The van der Waals surface area contributed by atoms with E-state index in [0.29, 0.717) is 18.7 Å². The Kier molecular flexibility index (Phi) is 5.51. The van der Waals surface area contributed by atoms with Gasteiger partial charge in [0, 0.05) is 16.0 Å². The van der Waals surface area contributed by atoms with Crippen molar-refractivity contribution in [3.8, 4) is 5.75 Å². The summed E-state index contributed by atoms with van der Waals surface area (Å²) in [7, 11) is 1.66. The molecule has 1 amide bonds. The number of thiophene rings is 1. The van der Waals surface area contributed by atoms with E-state index >= 15 is 0 Å². The molecule has 0 aliphatic carbocycles. The molecule has 1 aromatic heterocycles. The maximum Gasteiger partial charge on any atom is 0.254 e. The molecule has 0 aliphatic heterocycles. The van der Waals surface area contributed by atoms with Crippen LogP contribution in [0.4, 0.5) is 0 Å². The summed E-state index contributed by atoms with van der Waals surface area (Å²) in [6.07, 6.45) is 0. The first-order chi connectivity index (χ1) is 12.2. The summed E-state index contributed by atoms with van der Waals surface area (Å²) < 4.78 is 5.45. The van der Waals surface area contributed by atoms with E-state index in [-0.39, 0.29) is 5.91 Å². The Morgan fingerprint density at radius 3 is 2.60 bits per heavy atom. The topological polar surface area (TPSA) is 29.5 Å². The number of rotatable bonds is 6. The van der Waals surface area contributed by atoms with Crippen LogP contribution in [0.5, 0.6) is 5.75 Å². The molecule has 3 aromatic rings. The largest absolute Gasteiger partial charge is 0.496 e. The minimum absolute atomic E-state index is 0.0306. The lowest BCUT2D eigenvalue weighted by atomic mass is 10.1. The fraction of sp³-hybridized carbons (Fsp3) is 0.190. The van der Waals surface area contributed by atoms with Crippen molar-refractivity contribution in [1.82, 2.24) is 4.90 Å². The van der Waals surface area contributed by atoms with Crippen molar-refractivity contribution in [1.29, 1.82) is 0 Å². The van der Waals surface area contributed by atoms with Gasteiger partial charge in [-0.1, -0.05) is 42.0 Å². The van der Waals surface area contributed by atoms with Crippen molar-refractivity contribution in [2.75, 3.05) is 7.11 Å². The second-order valence-corrected chi connectivity index (χ2v) is 6.95. The van der Waals surface area contributed by atoms with Crippen LogP contribution in [0, 0.1) is 6.92 Å². The molecule has 0 bridgehead atoms. The molecule has 0 atom stereocenters. The Morgan fingerprint density at radius 2 is 1.88 bits per heavy atom. The highest BCUT2D eigenvalue weighted by atomic mass is 32.1. The van der Waals surface area contributed by atoms with E-state index in [0.717, 1.165) is 21.8 Å². The van der Waals surface area contributed by atoms with Gasteiger partial charge in [0.2, 0.25) is 0 Å². The second-order valence-electron chi connectivity index (χ2n) is 5.92. The lowest BCUT2D eigenvalue weighted by Gasteiger charge is -2.23. The van der Waals surface area contributed by atoms with Crippen LogP contribution >= 0.6 is 11.3 Å². The normalized spacial score (nSPS) is 10.5. The van der Waals surface area contributed by atoms with Crippen LogP contribution in [0.25, 0.3) is 0 Å². The van der Waals surface area contributed by atoms with Crippen molar-refractivity contribution in [3.05, 3.63) is 87.6 Å². The number of carbonyl (C=O) groups is 1. The first-order valence-corrected chi connectivity index (χ1v) is 9.05. The summed E-state index contributed by atoms with van der Waals surface area (Å²) in [6, 6.07) is 19.6. The van der Waals surface area contributed by atoms with Gasteiger partial charge in [0.05, 0.1) is 20.2 Å². The molecule has 0 radical (unpaired) electrons. The van der Waals surface area contributed by atoms with Gasteiger partial charge >= 0.3 is 0 Å². The standard InChI is InChI=1S/C21H21NO2S/c1-16-7-5-9-17(13-16)21(23)22(15-19-10-6-12-25-19)14-18-8-3-4-11-20(18)24-2/h3-13H,14-15H2,1-2H3. The molecule has 4 heteroatoms. The smallest absolute Gasteiger partial charge is 0.254 e. The summed E-state index contributed by atoms with van der Waals surface area (Å²) in [5.74, 6) is 0.832. The van der Waals surface area contributed by atoms with E-state index < -0.39 is 0 Å². The molecule has 2 aromatic carbocycles. The number of aryl methyl sites for hydroxylation is 1. The Hall–Kier alpha value is -2.59. The van der Waals surface area contributed by atoms with Crippen LogP contribution < -0.4 is 4.74 Å². The Balaban J connectivity index is 1.90. The average Bonchev–Trinajstić information content (AvgIpc) is 3.14. The minimum Gasteiger partial charge on any atom is -0.496 e. The van der Waals surface area contributed by atoms with E-state index in [1.54, 1.807) is 18.4 Å². The van der Waals surface area contributed by atoms with Gasteiger partial charge < -0.3 is 9.64 Å². The third-order valence-electron chi connectivity index (χ3n) is 4.03. The highest BCUT2D eigenvalue weighted by Crippen LogP contribution is 2.23. The maximum absolute atomic E-state index is 13.1. The Bertz CT molecular complexity index is 843. The first kappa shape index (κ1) is 17.2. The quantitative estimate of drug-likeness (QED) is 0.632. The molecule has 0 saturated carbocycles. The zero-order chi connectivity index (χ0) is 17.6. The van der Waals surface area contributed by atoms with Gasteiger partial charge in [-0.15, -0.1) is 11.3 Å². The van der Waals surface area contributed by atoms with Crippen molar-refractivity contribution in [3.63, 3.8) is 0 Å². The van der Waals surface area contributed by atoms with Crippen LogP contribution in [0.1, 0.15) is 26.4 Å². The maximum atomic E-state index is 13.1. The summed E-state index contributed by atoms with van der Waals surface area (Å²) >= 11 is 1.66. The number of nitrogens with zero attached hydrogens (tertiary/aromatic N) is 1. The van der Waals surface area contributed by atoms with Crippen LogP contribution in [-0.4, -0.2) is 17.9 Å². The van der Waals surface area contributed by atoms with E-state index in [1.165, 1.54) is 0 Å². The summed E-state index contributed by atoms with van der Waals surface area (Å²) in [4.78, 5) is 16.2. The highest BCUT2D eigenvalue weighted by Gasteiger charge is 2.18. The zero-order valence-electron chi connectivity index (χ0n) is 14.4. The predicted octanol–water partition coefficient (Wildman–Crippen LogP) is 4.91. The summed E-state index contributed by atoms with van der Waals surface area (Å²) in [6.45, 7) is 3.10. The summed E-state index contributed by atoms with van der Waals surface area (Å²) in [5.41, 5.74) is 2.80. The van der Waals surface area contributed by atoms with Crippen LogP contribution in [0.3, 0.4) is 0 Å². The molecule has 0 fully saturated rings. The van der Waals surface area contributed by atoms with Gasteiger partial charge in [0.1, 0.15) is 5.75 Å². The van der Waals surface area contributed by atoms with Gasteiger partial charge in [-0.2, -0.15) is 0 Å². The third-order valence-corrected chi connectivity index (χ3v) is 4.89. The fourth-order valence-corrected chi connectivity index (χ4v) is 3.51. The number of para-hydroxylation sites is 1. The lowest BCUT2D eigenvalue weighted by Crippen LogP contribution is -2.30. The zero-order valence-corrected chi connectivity index (χ0v) is 15.3. The van der Waals surface area contributed by atoms with Crippen LogP contribution in [0.2, 0.25) is 0 Å². The van der Waals surface area contributed by atoms with E-state index in [4.69, 9.17) is 4.74 Å². The molecule has 25 heavy (non-hydrogen) atoms. The molecular formula is C21H21NO2S. The van der Waals surface area contributed by atoms with E-state index in [9.17, 15) is 4.79 Å². The van der Waals surface area contributed by atoms with Crippen molar-refractivity contribution < 1.29 is 9.53 Å². The van der Waals surface area contributed by atoms with Crippen LogP contribution in [0.15, 0.2) is 66.0 Å². The minimum atomic E-state index is 0.0306. The molecule has 0 spiro atoms. The van der Waals surface area contributed by atoms with Gasteiger partial charge in [-0.3, -0.25) is 4.79 Å². The van der Waals surface area contributed by atoms with Crippen LogP contribution in [-0.2, 0) is 13.1 Å². The van der Waals surface area contributed by atoms with Crippen molar-refractivity contribution in [2.45, 2.75) is 20.0 Å². The molecular weight excluding hydrogens is 330 g/mol. The predicted molar refractivity (Wildman–Crippen MR) is 102 cm³/mol. The van der Waals surface area contributed by atoms with E-state index in [1.807, 2.05) is 71.8 Å². The van der Waals surface area contributed by atoms with E-state index in [2.05, 4.69) is 6.07 Å². The number of benzene rings is 2. The summed E-state index contributed by atoms with van der Waals surface area (Å²) in [5, 5.41) is 2.04. The van der Waals surface area contributed by atoms with Gasteiger partial charge in [-0.05, 0) is 36.6 Å². The molecule has 0 saturated heterocycles. The number of methoxy groups -OCH3 is 1. The average molecular weight is 351 g/mol. The monoisotopic (exact) mass is 351 g/mol. The fourth-order valence-electron chi connectivity index (χ4n) is 2.79. The molecule has 3 nitrogen and oxygen atoms in total. The molecule has 0 unspecified atom stereocenters. The number of ether oxygens (including phenoxy) is 1.